The van der Waals surface area contributed by atoms with Gasteiger partial charge in [-0.25, -0.2) is 0 Å². The fourth-order valence-electron chi connectivity index (χ4n) is 6.92. The molecule has 0 fully saturated rings. The van der Waals surface area contributed by atoms with Gasteiger partial charge in [-0.15, -0.1) is 0 Å². The van der Waals surface area contributed by atoms with Crippen LogP contribution < -0.4 is 31.9 Å². The van der Waals surface area contributed by atoms with Crippen LogP contribution in [0.1, 0.15) is 57.8 Å². The van der Waals surface area contributed by atoms with E-state index in [2.05, 4.69) is 31.9 Å². The number of hydrogen-bond acceptors (Lipinski definition) is 18. The van der Waals surface area contributed by atoms with Gasteiger partial charge in [0.15, 0.2) is 0 Å². The number of rotatable bonds is 45. The molecule has 0 saturated carbocycles. The van der Waals surface area contributed by atoms with E-state index in [0.717, 1.165) is 56.7 Å². The predicted molar refractivity (Wildman–Crippen MR) is 270 cm³/mol. The Balaban J connectivity index is 1.24. The molecule has 0 atom stereocenters. The third-order valence-corrected chi connectivity index (χ3v) is 11.1. The highest BCUT2D eigenvalue weighted by molar-refractivity contribution is 6.14. The summed E-state index contributed by atoms with van der Waals surface area (Å²) in [7, 11) is 0. The Kier molecular flexibility index (Phi) is 32.8. The van der Waals surface area contributed by atoms with Gasteiger partial charge in [-0.05, 0) is 19.3 Å². The molecule has 0 aromatic rings. The maximum atomic E-state index is 12.5. The Morgan fingerprint density at radius 3 is 0.857 bits per heavy atom. The summed E-state index contributed by atoms with van der Waals surface area (Å²) in [6.07, 6.45) is 10.7. The van der Waals surface area contributed by atoms with E-state index >= 15 is 0 Å². The summed E-state index contributed by atoms with van der Waals surface area (Å²) >= 11 is 0. The van der Waals surface area contributed by atoms with E-state index in [1.807, 2.05) is 6.08 Å². The van der Waals surface area contributed by atoms with Crippen LogP contribution in [0, 0.1) is 0 Å². The predicted octanol–water partition coefficient (Wildman–Crippen LogP) is -3.00. The third-order valence-electron chi connectivity index (χ3n) is 11.1. The summed E-state index contributed by atoms with van der Waals surface area (Å²) in [4.78, 5) is 146. The minimum atomic E-state index is -0.447. The number of nitrogens with zero attached hydrogens (tertiary/aromatic N) is 3. The largest absolute Gasteiger partial charge is 0.379 e. The van der Waals surface area contributed by atoms with Gasteiger partial charge < -0.3 is 60.3 Å². The normalized spacial score (nSPS) is 13.7. The Morgan fingerprint density at radius 2 is 0.558 bits per heavy atom. The van der Waals surface area contributed by atoms with Crippen LogP contribution >= 0.6 is 0 Å². The molecule has 0 aromatic carbocycles. The molecule has 0 radical (unpaired) electrons. The molecular weight excluding hydrogens is 1010 g/mol. The smallest absolute Gasteiger partial charge is 0.253 e. The van der Waals surface area contributed by atoms with E-state index in [1.54, 1.807) is 0 Å². The zero-order chi connectivity index (χ0) is 55.9. The van der Waals surface area contributed by atoms with Crippen LogP contribution in [0.2, 0.25) is 0 Å². The first-order valence-corrected chi connectivity index (χ1v) is 25.6. The van der Waals surface area contributed by atoms with Crippen molar-refractivity contribution < 1.29 is 86.0 Å². The molecule has 12 amide bonds. The zero-order valence-corrected chi connectivity index (χ0v) is 43.4. The van der Waals surface area contributed by atoms with Crippen molar-refractivity contribution in [1.29, 1.82) is 0 Å². The van der Waals surface area contributed by atoms with E-state index in [9.17, 15) is 57.5 Å². The van der Waals surface area contributed by atoms with E-state index in [1.165, 1.54) is 0 Å². The lowest BCUT2D eigenvalue weighted by Crippen LogP contribution is -2.35. The average Bonchev–Trinajstić information content (AvgIpc) is 4.04. The van der Waals surface area contributed by atoms with Gasteiger partial charge in [0.05, 0.1) is 79.3 Å². The number of amides is 12. The van der Waals surface area contributed by atoms with Gasteiger partial charge in [0.2, 0.25) is 35.4 Å². The summed E-state index contributed by atoms with van der Waals surface area (Å²) in [6.45, 7) is 4.23. The molecule has 0 aliphatic carbocycles. The molecule has 3 rings (SSSR count). The van der Waals surface area contributed by atoms with Gasteiger partial charge >= 0.3 is 0 Å². The fraction of sp³-hybridized carbons (Fsp3) is 0.600. The summed E-state index contributed by atoms with van der Waals surface area (Å²) in [5.41, 5.74) is 0.952. The van der Waals surface area contributed by atoms with Crippen molar-refractivity contribution in [3.63, 3.8) is 0 Å². The van der Waals surface area contributed by atoms with Gasteiger partial charge in [0.25, 0.3) is 35.4 Å². The Morgan fingerprint density at radius 1 is 0.312 bits per heavy atom. The maximum Gasteiger partial charge on any atom is 0.253 e. The molecule has 0 aromatic heterocycles. The number of carbonyl (C=O) groups excluding carboxylic acids is 12. The monoisotopic (exact) mass is 1090 g/mol. The number of carbonyl (C=O) groups is 12. The fourth-order valence-corrected chi connectivity index (χ4v) is 6.92. The van der Waals surface area contributed by atoms with E-state index in [4.69, 9.17) is 28.4 Å². The standard InChI is InChI=1S/C50H73N9O18/c60-39(11-23-57-45(66)3-4-46(57)67)54-20-29-75-35-32-72-26-14-42(63)51-17-1-2-38(9-18-52-43(64)15-27-73-33-36-76-30-21-55-40(61)12-24-58-47(68)5-6-48(58)69)10-19-53-44(65)16-28-74-34-37-77-31-22-56-41(62)13-25-59-49(70)7-8-50(59)71/h2-8H,1,9-37H2,(H,51,63)(H,52,64)(H,53,65)(H,54,60)(H,55,61)(H,56,62). The maximum absolute atomic E-state index is 12.5. The lowest BCUT2D eigenvalue weighted by molar-refractivity contribution is -0.139. The topological polar surface area (TPSA) is 342 Å². The van der Waals surface area contributed by atoms with Crippen molar-refractivity contribution >= 4 is 70.9 Å². The summed E-state index contributed by atoms with van der Waals surface area (Å²) in [6, 6.07) is 0. The summed E-state index contributed by atoms with van der Waals surface area (Å²) in [5.74, 6) is -4.30. The van der Waals surface area contributed by atoms with Crippen LogP contribution in [-0.2, 0) is 86.0 Å². The highest BCUT2D eigenvalue weighted by Gasteiger charge is 2.25. The second-order valence-electron chi connectivity index (χ2n) is 16.9. The number of ether oxygens (including phenoxy) is 6. The van der Waals surface area contributed by atoms with Crippen molar-refractivity contribution in [2.24, 2.45) is 0 Å². The molecular formula is C50H73N9O18. The summed E-state index contributed by atoms with van der Waals surface area (Å²) < 4.78 is 32.8. The van der Waals surface area contributed by atoms with E-state index in [0.29, 0.717) is 38.9 Å². The minimum Gasteiger partial charge on any atom is -0.379 e. The molecule has 6 N–H and O–H groups in total. The molecule has 0 bridgehead atoms. The molecule has 426 valence electrons. The van der Waals surface area contributed by atoms with Crippen LogP contribution in [-0.4, -0.2) is 224 Å². The van der Waals surface area contributed by atoms with Crippen LogP contribution in [0.3, 0.4) is 0 Å². The quantitative estimate of drug-likeness (QED) is 0.0201. The van der Waals surface area contributed by atoms with Gasteiger partial charge in [0, 0.05) is 134 Å². The lowest BCUT2D eigenvalue weighted by atomic mass is 10.1. The highest BCUT2D eigenvalue weighted by Crippen LogP contribution is 2.09. The van der Waals surface area contributed by atoms with Gasteiger partial charge in [-0.2, -0.15) is 0 Å². The molecule has 27 nitrogen and oxygen atoms in total. The molecule has 0 saturated heterocycles. The van der Waals surface area contributed by atoms with Crippen molar-refractivity contribution in [3.8, 4) is 0 Å². The Bertz CT molecular complexity index is 1980. The highest BCUT2D eigenvalue weighted by atomic mass is 16.5. The van der Waals surface area contributed by atoms with Crippen LogP contribution in [0.15, 0.2) is 48.1 Å². The first-order valence-electron chi connectivity index (χ1n) is 25.6. The Labute approximate surface area is 446 Å². The van der Waals surface area contributed by atoms with Gasteiger partial charge in [0.1, 0.15) is 0 Å². The Hall–Kier alpha value is -7.04. The van der Waals surface area contributed by atoms with Crippen molar-refractivity contribution in [2.45, 2.75) is 57.8 Å². The first kappa shape index (κ1) is 64.2. The number of hydrogen-bond donors (Lipinski definition) is 6. The molecule has 27 heteroatoms. The van der Waals surface area contributed by atoms with Crippen molar-refractivity contribution in [3.05, 3.63) is 48.1 Å². The number of imide groups is 3. The molecule has 0 spiro atoms. The van der Waals surface area contributed by atoms with Crippen molar-refractivity contribution in [2.75, 3.05) is 138 Å². The molecule has 0 unspecified atom stereocenters. The van der Waals surface area contributed by atoms with E-state index < -0.39 is 35.4 Å². The third kappa shape index (κ3) is 29.7. The average molecular weight is 1090 g/mol. The van der Waals surface area contributed by atoms with Gasteiger partial charge in [-0.1, -0.05) is 11.6 Å². The second kappa shape index (κ2) is 39.4. The summed E-state index contributed by atoms with van der Waals surface area (Å²) in [5, 5.41) is 16.5. The molecule has 3 heterocycles. The number of nitrogens with one attached hydrogen (secondary N) is 6. The molecule has 3 aliphatic rings. The van der Waals surface area contributed by atoms with Crippen LogP contribution in [0.25, 0.3) is 0 Å². The van der Waals surface area contributed by atoms with E-state index in [-0.39, 0.29) is 193 Å². The zero-order valence-electron chi connectivity index (χ0n) is 43.4. The first-order chi connectivity index (χ1) is 37.2. The minimum absolute atomic E-state index is 0.00291. The van der Waals surface area contributed by atoms with Crippen LogP contribution in [0.4, 0.5) is 0 Å². The SMILES string of the molecule is O=C(CCOCCOCCNC(=O)CCN1C(=O)C=CC1=O)NCCC=C(CCNC(=O)CCOCCOCCNC(=O)CCN1C(=O)C=CC1=O)CCNC(=O)CCOCCOCCNC(=O)CCN1C(=O)C=CC1=O. The van der Waals surface area contributed by atoms with Gasteiger partial charge in [-0.3, -0.25) is 72.2 Å². The molecule has 3 aliphatic heterocycles. The van der Waals surface area contributed by atoms with Crippen molar-refractivity contribution in [1.82, 2.24) is 46.6 Å². The molecule has 77 heavy (non-hydrogen) atoms. The van der Waals surface area contributed by atoms with Crippen LogP contribution in [0.5, 0.6) is 0 Å². The lowest BCUT2D eigenvalue weighted by Gasteiger charge is -2.13. The second-order valence-corrected chi connectivity index (χ2v) is 16.9.